The number of nitrogens with zero attached hydrogens (tertiary/aromatic N) is 1. The van der Waals surface area contributed by atoms with Gasteiger partial charge in [0.25, 0.3) is 0 Å². The molecule has 0 saturated heterocycles. The molecule has 0 heterocycles. The van der Waals surface area contributed by atoms with Crippen LogP contribution in [0.2, 0.25) is 0 Å². The summed E-state index contributed by atoms with van der Waals surface area (Å²) in [6.45, 7) is 8.55. The molecule has 3 heteroatoms. The summed E-state index contributed by atoms with van der Waals surface area (Å²) in [6, 6.07) is 0. The van der Waals surface area contributed by atoms with E-state index in [-0.39, 0.29) is 0 Å². The lowest BCUT2D eigenvalue weighted by Gasteiger charge is -2.23. The van der Waals surface area contributed by atoms with E-state index in [1.165, 1.54) is 12.8 Å². The fourth-order valence-electron chi connectivity index (χ4n) is 1.16. The van der Waals surface area contributed by atoms with Crippen LogP contribution in [0.3, 0.4) is 0 Å². The summed E-state index contributed by atoms with van der Waals surface area (Å²) < 4.78 is 0. The second kappa shape index (κ2) is 8.42. The quantitative estimate of drug-likeness (QED) is 0.529. The minimum atomic E-state index is 0.748. The number of thioether (sulfide) groups is 1. The van der Waals surface area contributed by atoms with Crippen molar-refractivity contribution < 1.29 is 0 Å². The Morgan fingerprint density at radius 2 is 1.85 bits per heavy atom. The van der Waals surface area contributed by atoms with Gasteiger partial charge in [0.05, 0.1) is 0 Å². The van der Waals surface area contributed by atoms with Crippen molar-refractivity contribution in [1.29, 1.82) is 5.41 Å². The van der Waals surface area contributed by atoms with E-state index in [0.717, 1.165) is 30.4 Å². The third-order valence-corrected chi connectivity index (χ3v) is 2.66. The molecule has 0 fully saturated rings. The molecule has 13 heavy (non-hydrogen) atoms. The summed E-state index contributed by atoms with van der Waals surface area (Å²) in [5.41, 5.74) is 0. The zero-order chi connectivity index (χ0) is 10.1. The highest BCUT2D eigenvalue weighted by molar-refractivity contribution is 8.13. The smallest absolute Gasteiger partial charge is 0.156 e. The van der Waals surface area contributed by atoms with Crippen molar-refractivity contribution in [3.05, 3.63) is 0 Å². The lowest BCUT2D eigenvalue weighted by molar-refractivity contribution is 0.412. The number of hydrogen-bond acceptors (Lipinski definition) is 2. The third kappa shape index (κ3) is 5.97. The molecule has 0 atom stereocenters. The van der Waals surface area contributed by atoms with Crippen LogP contribution >= 0.6 is 11.8 Å². The zero-order valence-electron chi connectivity index (χ0n) is 9.10. The van der Waals surface area contributed by atoms with E-state index in [0.29, 0.717) is 0 Å². The maximum absolute atomic E-state index is 7.82. The highest BCUT2D eigenvalue weighted by Gasteiger charge is 2.06. The Bertz CT molecular complexity index is 137. The van der Waals surface area contributed by atoms with Gasteiger partial charge in [-0.2, -0.15) is 0 Å². The molecule has 0 unspecified atom stereocenters. The molecular weight excluding hydrogens is 180 g/mol. The zero-order valence-corrected chi connectivity index (χ0v) is 9.91. The minimum absolute atomic E-state index is 0.748. The third-order valence-electron chi connectivity index (χ3n) is 1.84. The fourth-order valence-corrected chi connectivity index (χ4v) is 1.80. The molecule has 0 spiro atoms. The monoisotopic (exact) mass is 202 g/mol. The number of unbranched alkanes of at least 4 members (excludes halogenated alkanes) is 1. The van der Waals surface area contributed by atoms with Crippen molar-refractivity contribution in [2.75, 3.05) is 18.8 Å². The Morgan fingerprint density at radius 1 is 1.15 bits per heavy atom. The molecule has 0 aliphatic heterocycles. The van der Waals surface area contributed by atoms with E-state index >= 15 is 0 Å². The Balaban J connectivity index is 3.83. The Morgan fingerprint density at radius 3 is 2.31 bits per heavy atom. The minimum Gasteiger partial charge on any atom is -0.352 e. The normalized spacial score (nSPS) is 10.1. The van der Waals surface area contributed by atoms with Crippen LogP contribution in [0, 0.1) is 5.41 Å². The van der Waals surface area contributed by atoms with Crippen LogP contribution in [0.1, 0.15) is 40.0 Å². The fraction of sp³-hybridized carbons (Fsp3) is 0.900. The van der Waals surface area contributed by atoms with Crippen LogP contribution in [0.4, 0.5) is 0 Å². The van der Waals surface area contributed by atoms with Crippen LogP contribution in [-0.4, -0.2) is 28.9 Å². The molecule has 1 N–H and O–H groups in total. The lowest BCUT2D eigenvalue weighted by atomic mass is 10.3. The van der Waals surface area contributed by atoms with Crippen molar-refractivity contribution in [1.82, 2.24) is 4.90 Å². The first kappa shape index (κ1) is 12.8. The van der Waals surface area contributed by atoms with Crippen LogP contribution in [0.25, 0.3) is 0 Å². The Hall–Kier alpha value is -0.180. The molecule has 0 bridgehead atoms. The predicted octanol–water partition coefficient (Wildman–Crippen LogP) is 3.19. The van der Waals surface area contributed by atoms with Crippen molar-refractivity contribution in [2.45, 2.75) is 40.0 Å². The highest BCUT2D eigenvalue weighted by Crippen LogP contribution is 2.08. The first-order chi connectivity index (χ1) is 6.26. The topological polar surface area (TPSA) is 27.1 Å². The second-order valence-corrected chi connectivity index (χ2v) is 4.33. The first-order valence-corrected chi connectivity index (χ1v) is 6.21. The maximum atomic E-state index is 7.82. The van der Waals surface area contributed by atoms with Crippen LogP contribution in [-0.2, 0) is 0 Å². The lowest BCUT2D eigenvalue weighted by Crippen LogP contribution is -2.30. The average Bonchev–Trinajstić information content (AvgIpc) is 2.12. The number of amidine groups is 1. The van der Waals surface area contributed by atoms with Gasteiger partial charge < -0.3 is 4.90 Å². The van der Waals surface area contributed by atoms with Crippen LogP contribution < -0.4 is 0 Å². The molecular formula is C10H22N2S. The Kier molecular flexibility index (Phi) is 8.30. The maximum Gasteiger partial charge on any atom is 0.156 e. The van der Waals surface area contributed by atoms with E-state index < -0.39 is 0 Å². The summed E-state index contributed by atoms with van der Waals surface area (Å²) in [5.74, 6) is 1.01. The van der Waals surface area contributed by atoms with Gasteiger partial charge in [-0.1, -0.05) is 39.0 Å². The van der Waals surface area contributed by atoms with Gasteiger partial charge in [0.1, 0.15) is 0 Å². The van der Waals surface area contributed by atoms with Gasteiger partial charge in [0.2, 0.25) is 0 Å². The van der Waals surface area contributed by atoms with Gasteiger partial charge >= 0.3 is 0 Å². The van der Waals surface area contributed by atoms with Crippen molar-refractivity contribution in [3.8, 4) is 0 Å². The van der Waals surface area contributed by atoms with E-state index in [9.17, 15) is 0 Å². The largest absolute Gasteiger partial charge is 0.352 e. The standard InChI is InChI=1S/C10H22N2S/c1-4-7-9-12(8-5-2)10(11)13-6-3/h11H,4-9H2,1-3H3. The molecule has 0 aromatic heterocycles. The molecule has 0 rings (SSSR count). The average molecular weight is 202 g/mol. The number of hydrogen-bond donors (Lipinski definition) is 1. The van der Waals surface area contributed by atoms with E-state index in [1.54, 1.807) is 11.8 Å². The van der Waals surface area contributed by atoms with Gasteiger partial charge in [-0.3, -0.25) is 5.41 Å². The molecule has 0 aromatic carbocycles. The number of nitrogens with one attached hydrogen (secondary N) is 1. The molecule has 0 aromatic rings. The summed E-state index contributed by atoms with van der Waals surface area (Å²) in [5, 5.41) is 8.56. The summed E-state index contributed by atoms with van der Waals surface area (Å²) >= 11 is 1.64. The second-order valence-electron chi connectivity index (χ2n) is 3.08. The van der Waals surface area contributed by atoms with Gasteiger partial charge in [-0.15, -0.1) is 0 Å². The summed E-state index contributed by atoms with van der Waals surface area (Å²) in [4.78, 5) is 2.19. The summed E-state index contributed by atoms with van der Waals surface area (Å²) in [6.07, 6.45) is 3.55. The van der Waals surface area contributed by atoms with Gasteiger partial charge in [0, 0.05) is 13.1 Å². The van der Waals surface area contributed by atoms with Gasteiger partial charge in [-0.25, -0.2) is 0 Å². The molecule has 0 aliphatic carbocycles. The molecule has 0 radical (unpaired) electrons. The van der Waals surface area contributed by atoms with E-state index in [2.05, 4.69) is 25.7 Å². The van der Waals surface area contributed by atoms with Gasteiger partial charge in [0.15, 0.2) is 5.17 Å². The van der Waals surface area contributed by atoms with Crippen molar-refractivity contribution >= 4 is 16.9 Å². The van der Waals surface area contributed by atoms with Gasteiger partial charge in [-0.05, 0) is 18.6 Å². The first-order valence-electron chi connectivity index (χ1n) is 5.22. The Labute approximate surface area is 86.6 Å². The SMILES string of the molecule is CCCCN(CCC)C(=N)SCC. The molecule has 2 nitrogen and oxygen atoms in total. The van der Waals surface area contributed by atoms with E-state index in [4.69, 9.17) is 5.41 Å². The molecule has 78 valence electrons. The van der Waals surface area contributed by atoms with Crippen LogP contribution in [0.5, 0.6) is 0 Å². The molecule has 0 aliphatic rings. The molecule has 0 saturated carbocycles. The van der Waals surface area contributed by atoms with E-state index in [1.807, 2.05) is 0 Å². The van der Waals surface area contributed by atoms with Crippen molar-refractivity contribution in [2.24, 2.45) is 0 Å². The number of rotatable bonds is 6. The van der Waals surface area contributed by atoms with Crippen molar-refractivity contribution in [3.63, 3.8) is 0 Å². The predicted molar refractivity (Wildman–Crippen MR) is 62.6 cm³/mol. The summed E-state index contributed by atoms with van der Waals surface area (Å²) in [7, 11) is 0. The van der Waals surface area contributed by atoms with Crippen LogP contribution in [0.15, 0.2) is 0 Å². The highest BCUT2D eigenvalue weighted by atomic mass is 32.2. The molecule has 0 amide bonds.